The third kappa shape index (κ3) is 5.23. The monoisotopic (exact) mass is 574 g/mol. The van der Waals surface area contributed by atoms with Gasteiger partial charge < -0.3 is 24.2 Å². The van der Waals surface area contributed by atoms with Gasteiger partial charge >= 0.3 is 12.1 Å². The fourth-order valence-corrected chi connectivity index (χ4v) is 4.13. The molecule has 0 bridgehead atoms. The third-order valence-corrected chi connectivity index (χ3v) is 6.30. The molecule has 1 aliphatic heterocycles. The number of ether oxygens (including phenoxy) is 3. The maximum Gasteiger partial charge on any atom is 0.436 e. The van der Waals surface area contributed by atoms with Crippen LogP contribution in [0, 0.1) is 0 Å². The standard InChI is InChI=1S/C26H18ClF3N4O6/c1-33(17-10-20-23(31-11-17)40-13-39-20)24(35)15-3-2-4-16(9-15)34-19(21(27)22(32-34)26(28,29)30)12-38-18-7-5-14(6-8-18)25(36)37/h2-11H,12-13H2,1H3,(H,36,37). The van der Waals surface area contributed by atoms with Crippen molar-refractivity contribution in [2.24, 2.45) is 0 Å². The van der Waals surface area contributed by atoms with Crippen LogP contribution in [0.2, 0.25) is 5.02 Å². The van der Waals surface area contributed by atoms with Crippen LogP contribution in [-0.4, -0.2) is 45.6 Å². The summed E-state index contributed by atoms with van der Waals surface area (Å²) < 4.78 is 58.1. The largest absolute Gasteiger partial charge is 0.487 e. The van der Waals surface area contributed by atoms with Gasteiger partial charge in [-0.3, -0.25) is 4.79 Å². The van der Waals surface area contributed by atoms with Gasteiger partial charge in [0.2, 0.25) is 6.79 Å². The smallest absolute Gasteiger partial charge is 0.436 e. The number of rotatable bonds is 7. The van der Waals surface area contributed by atoms with Crippen molar-refractivity contribution in [2.45, 2.75) is 12.8 Å². The Morgan fingerprint density at radius 2 is 1.88 bits per heavy atom. The van der Waals surface area contributed by atoms with Crippen molar-refractivity contribution in [1.82, 2.24) is 14.8 Å². The summed E-state index contributed by atoms with van der Waals surface area (Å²) in [5.41, 5.74) is -0.764. The zero-order valence-corrected chi connectivity index (χ0v) is 21.2. The molecule has 1 N–H and O–H groups in total. The highest BCUT2D eigenvalue weighted by Gasteiger charge is 2.39. The van der Waals surface area contributed by atoms with E-state index < -0.39 is 35.4 Å². The Bertz CT molecular complexity index is 1610. The summed E-state index contributed by atoms with van der Waals surface area (Å²) >= 11 is 6.11. The van der Waals surface area contributed by atoms with Crippen LogP contribution in [0.4, 0.5) is 18.9 Å². The Labute approximate surface area is 229 Å². The van der Waals surface area contributed by atoms with Crippen LogP contribution in [0.5, 0.6) is 17.4 Å². The first-order valence-corrected chi connectivity index (χ1v) is 11.9. The Balaban J connectivity index is 1.45. The highest BCUT2D eigenvalue weighted by atomic mass is 35.5. The van der Waals surface area contributed by atoms with E-state index in [0.29, 0.717) is 17.3 Å². The lowest BCUT2D eigenvalue weighted by molar-refractivity contribution is -0.141. The predicted octanol–water partition coefficient (Wildman–Crippen LogP) is 5.22. The van der Waals surface area contributed by atoms with Gasteiger partial charge in [0.05, 0.1) is 28.2 Å². The van der Waals surface area contributed by atoms with Gasteiger partial charge in [-0.25, -0.2) is 14.5 Å². The number of alkyl halides is 3. The normalized spacial score (nSPS) is 12.3. The van der Waals surface area contributed by atoms with Crippen molar-refractivity contribution in [3.8, 4) is 23.1 Å². The van der Waals surface area contributed by atoms with Gasteiger partial charge in [0.15, 0.2) is 11.4 Å². The molecule has 2 aromatic carbocycles. The predicted molar refractivity (Wildman–Crippen MR) is 134 cm³/mol. The van der Waals surface area contributed by atoms with Crippen LogP contribution in [0.25, 0.3) is 5.69 Å². The van der Waals surface area contributed by atoms with E-state index in [1.54, 1.807) is 6.07 Å². The summed E-state index contributed by atoms with van der Waals surface area (Å²) in [6.45, 7) is -0.424. The molecular formula is C26H18ClF3N4O6. The Morgan fingerprint density at radius 3 is 2.58 bits per heavy atom. The number of hydrogen-bond acceptors (Lipinski definition) is 7. The van der Waals surface area contributed by atoms with E-state index in [4.69, 9.17) is 30.9 Å². The lowest BCUT2D eigenvalue weighted by Gasteiger charge is -2.18. The number of carboxylic acid groups (broad SMARTS) is 1. The number of nitrogens with zero attached hydrogens (tertiary/aromatic N) is 4. The van der Waals surface area contributed by atoms with Crippen LogP contribution in [0.3, 0.4) is 0 Å². The molecule has 0 saturated carbocycles. The van der Waals surface area contributed by atoms with Crippen molar-refractivity contribution in [3.05, 3.63) is 88.3 Å². The number of aromatic nitrogens is 3. The summed E-state index contributed by atoms with van der Waals surface area (Å²) in [6.07, 6.45) is -3.43. The Kier molecular flexibility index (Phi) is 6.98. The average molecular weight is 575 g/mol. The number of halogens is 4. The zero-order valence-electron chi connectivity index (χ0n) is 20.5. The van der Waals surface area contributed by atoms with E-state index in [0.717, 1.165) is 4.68 Å². The van der Waals surface area contributed by atoms with Crippen LogP contribution in [-0.2, 0) is 12.8 Å². The summed E-state index contributed by atoms with van der Waals surface area (Å²) in [7, 11) is 1.51. The average Bonchev–Trinajstić information content (AvgIpc) is 3.55. The molecule has 40 heavy (non-hydrogen) atoms. The summed E-state index contributed by atoms with van der Waals surface area (Å²) in [4.78, 5) is 29.7. The fourth-order valence-electron chi connectivity index (χ4n) is 3.85. The zero-order chi connectivity index (χ0) is 28.6. The number of hydrogen-bond donors (Lipinski definition) is 1. The molecule has 0 fully saturated rings. The quantitative estimate of drug-likeness (QED) is 0.319. The molecule has 0 radical (unpaired) electrons. The minimum atomic E-state index is -4.86. The topological polar surface area (TPSA) is 116 Å². The number of pyridine rings is 1. The lowest BCUT2D eigenvalue weighted by Crippen LogP contribution is -2.26. The Hall–Kier alpha value is -4.78. The molecule has 0 saturated heterocycles. The Morgan fingerprint density at radius 1 is 1.12 bits per heavy atom. The number of benzene rings is 2. The molecule has 10 nitrogen and oxygen atoms in total. The number of carbonyl (C=O) groups excluding carboxylic acids is 1. The van der Waals surface area contributed by atoms with Crippen LogP contribution in [0.1, 0.15) is 32.1 Å². The van der Waals surface area contributed by atoms with E-state index in [2.05, 4.69) is 10.1 Å². The molecule has 1 amide bonds. The molecule has 206 valence electrons. The summed E-state index contributed by atoms with van der Waals surface area (Å²) in [6, 6.07) is 12.7. The first kappa shape index (κ1) is 26.8. The molecule has 14 heteroatoms. The first-order chi connectivity index (χ1) is 19.0. The molecule has 0 unspecified atom stereocenters. The van der Waals surface area contributed by atoms with E-state index in [1.165, 1.54) is 66.7 Å². The second-order valence-corrected chi connectivity index (χ2v) is 8.83. The van der Waals surface area contributed by atoms with Crippen molar-refractivity contribution in [2.75, 3.05) is 18.7 Å². The maximum absolute atomic E-state index is 13.7. The minimum Gasteiger partial charge on any atom is -0.487 e. The van der Waals surface area contributed by atoms with Crippen molar-refractivity contribution >= 4 is 29.2 Å². The number of carbonyl (C=O) groups is 2. The molecule has 4 aromatic rings. The fraction of sp³-hybridized carbons (Fsp3) is 0.154. The van der Waals surface area contributed by atoms with Crippen LogP contribution in [0.15, 0.2) is 60.8 Å². The maximum atomic E-state index is 13.7. The van der Waals surface area contributed by atoms with Crippen molar-refractivity contribution in [3.63, 3.8) is 0 Å². The third-order valence-electron chi connectivity index (χ3n) is 5.91. The first-order valence-electron chi connectivity index (χ1n) is 11.5. The van der Waals surface area contributed by atoms with Gasteiger partial charge in [-0.2, -0.15) is 18.3 Å². The van der Waals surface area contributed by atoms with E-state index >= 15 is 0 Å². The molecular weight excluding hydrogens is 557 g/mol. The second-order valence-electron chi connectivity index (χ2n) is 8.45. The highest BCUT2D eigenvalue weighted by Crippen LogP contribution is 2.37. The highest BCUT2D eigenvalue weighted by molar-refractivity contribution is 6.32. The van der Waals surface area contributed by atoms with Gasteiger partial charge in [0.25, 0.3) is 11.8 Å². The number of amides is 1. The summed E-state index contributed by atoms with van der Waals surface area (Å²) in [5.74, 6) is -0.745. The molecule has 1 aliphatic rings. The van der Waals surface area contributed by atoms with Gasteiger partial charge in [0, 0.05) is 18.7 Å². The number of anilines is 1. The lowest BCUT2D eigenvalue weighted by atomic mass is 10.1. The van der Waals surface area contributed by atoms with Gasteiger partial charge in [-0.05, 0) is 42.5 Å². The minimum absolute atomic E-state index is 0.0114. The molecule has 0 spiro atoms. The molecule has 2 aromatic heterocycles. The number of carboxylic acids is 1. The van der Waals surface area contributed by atoms with Gasteiger partial charge in [-0.15, -0.1) is 0 Å². The second kappa shape index (κ2) is 10.4. The number of aromatic carboxylic acids is 1. The van der Waals surface area contributed by atoms with Crippen LogP contribution >= 0.6 is 11.6 Å². The molecule has 0 aliphatic carbocycles. The molecule has 5 rings (SSSR count). The van der Waals surface area contributed by atoms with E-state index in [1.807, 2.05) is 0 Å². The van der Waals surface area contributed by atoms with Gasteiger partial charge in [0.1, 0.15) is 18.1 Å². The van der Waals surface area contributed by atoms with Crippen molar-refractivity contribution in [1.29, 1.82) is 0 Å². The van der Waals surface area contributed by atoms with Gasteiger partial charge in [-0.1, -0.05) is 17.7 Å². The van der Waals surface area contributed by atoms with E-state index in [9.17, 15) is 22.8 Å². The molecule has 3 heterocycles. The van der Waals surface area contributed by atoms with Crippen LogP contribution < -0.4 is 19.1 Å². The number of fused-ring (bicyclic) bond motifs is 1. The van der Waals surface area contributed by atoms with Crippen molar-refractivity contribution < 1.29 is 42.1 Å². The van der Waals surface area contributed by atoms with E-state index in [-0.39, 0.29) is 35.1 Å². The SMILES string of the molecule is CN(C(=O)c1cccc(-n2nc(C(F)(F)F)c(Cl)c2COc2ccc(C(=O)O)cc2)c1)c1cnc2c(c1)OCO2. The molecule has 0 atom stereocenters. The summed E-state index contributed by atoms with van der Waals surface area (Å²) in [5, 5.41) is 12.1.